The van der Waals surface area contributed by atoms with Crippen molar-refractivity contribution in [3.63, 3.8) is 0 Å². The van der Waals surface area contributed by atoms with Crippen LogP contribution in [0.15, 0.2) is 6.20 Å². The number of hydrogen-bond donors (Lipinski definition) is 3. The minimum atomic E-state index is -1.01. The number of carboxylic acid groups (broad SMARTS) is 1. The van der Waals surface area contributed by atoms with Gasteiger partial charge in [-0.25, -0.2) is 9.59 Å². The largest absolute Gasteiger partial charge is 0.480 e. The molecule has 1 rings (SSSR count). The van der Waals surface area contributed by atoms with Crippen LogP contribution in [-0.4, -0.2) is 32.9 Å². The molecule has 1 heterocycles. The van der Waals surface area contributed by atoms with Crippen molar-refractivity contribution in [2.24, 2.45) is 7.05 Å². The third-order valence-corrected chi connectivity index (χ3v) is 3.23. The molecule has 20 heavy (non-hydrogen) atoms. The zero-order chi connectivity index (χ0) is 15.1. The molecule has 1 atom stereocenters. The standard InChI is InChI=1S/C13H22N4O3/c1-4-5-6-11(12(18)19)16-13(20)14-7-10-8-15-17(3)9(10)2/h8,11H,4-7H2,1-3H3,(H,18,19)(H2,14,16,20)/t11-/m0/s1. The lowest BCUT2D eigenvalue weighted by Gasteiger charge is -2.14. The van der Waals surface area contributed by atoms with Crippen LogP contribution in [0.1, 0.15) is 37.4 Å². The van der Waals surface area contributed by atoms with Gasteiger partial charge in [0.25, 0.3) is 0 Å². The molecule has 0 aliphatic heterocycles. The highest BCUT2D eigenvalue weighted by atomic mass is 16.4. The zero-order valence-corrected chi connectivity index (χ0v) is 12.1. The Labute approximate surface area is 118 Å². The molecule has 0 aliphatic carbocycles. The lowest BCUT2D eigenvalue weighted by Crippen LogP contribution is -2.45. The molecule has 1 aromatic heterocycles. The van der Waals surface area contributed by atoms with E-state index in [-0.39, 0.29) is 0 Å². The Kier molecular flexibility index (Phi) is 6.02. The normalized spacial score (nSPS) is 11.9. The Hall–Kier alpha value is -2.05. The second kappa shape index (κ2) is 7.52. The second-order valence-corrected chi connectivity index (χ2v) is 4.74. The number of carboxylic acids is 1. The second-order valence-electron chi connectivity index (χ2n) is 4.74. The van der Waals surface area contributed by atoms with Crippen molar-refractivity contribution in [3.8, 4) is 0 Å². The Morgan fingerprint density at radius 2 is 2.20 bits per heavy atom. The molecule has 7 nitrogen and oxygen atoms in total. The summed E-state index contributed by atoms with van der Waals surface area (Å²) in [4.78, 5) is 22.7. The molecule has 0 radical (unpaired) electrons. The summed E-state index contributed by atoms with van der Waals surface area (Å²) in [7, 11) is 1.82. The van der Waals surface area contributed by atoms with Crippen LogP contribution in [0.2, 0.25) is 0 Å². The van der Waals surface area contributed by atoms with Gasteiger partial charge in [0.15, 0.2) is 0 Å². The van der Waals surface area contributed by atoms with Crippen LogP contribution in [0.3, 0.4) is 0 Å². The van der Waals surface area contributed by atoms with Crippen LogP contribution in [0.5, 0.6) is 0 Å². The van der Waals surface area contributed by atoms with Gasteiger partial charge in [-0.2, -0.15) is 5.10 Å². The molecular formula is C13H22N4O3. The number of amides is 2. The number of nitrogens with one attached hydrogen (secondary N) is 2. The quantitative estimate of drug-likeness (QED) is 0.699. The molecule has 112 valence electrons. The van der Waals surface area contributed by atoms with Gasteiger partial charge in [-0.1, -0.05) is 19.8 Å². The molecule has 0 fully saturated rings. The van der Waals surface area contributed by atoms with Gasteiger partial charge >= 0.3 is 12.0 Å². The minimum absolute atomic E-state index is 0.325. The van der Waals surface area contributed by atoms with Gasteiger partial charge < -0.3 is 15.7 Å². The van der Waals surface area contributed by atoms with Crippen molar-refractivity contribution < 1.29 is 14.7 Å². The van der Waals surface area contributed by atoms with Gasteiger partial charge in [0, 0.05) is 24.8 Å². The van der Waals surface area contributed by atoms with Gasteiger partial charge in [0.1, 0.15) is 6.04 Å². The summed E-state index contributed by atoms with van der Waals surface area (Å²) in [6.07, 6.45) is 3.77. The minimum Gasteiger partial charge on any atom is -0.480 e. The SMILES string of the molecule is CCCC[C@H](NC(=O)NCc1cnn(C)c1C)C(=O)O. The van der Waals surface area contributed by atoms with Gasteiger partial charge in [0.2, 0.25) is 0 Å². The van der Waals surface area contributed by atoms with Gasteiger partial charge in [-0.3, -0.25) is 4.68 Å². The molecule has 0 aliphatic rings. The monoisotopic (exact) mass is 282 g/mol. The first-order valence-electron chi connectivity index (χ1n) is 6.70. The molecule has 7 heteroatoms. The first-order valence-corrected chi connectivity index (χ1v) is 6.70. The topological polar surface area (TPSA) is 96.3 Å². The average molecular weight is 282 g/mol. The van der Waals surface area contributed by atoms with Crippen LogP contribution in [0.25, 0.3) is 0 Å². The van der Waals surface area contributed by atoms with Crippen LogP contribution in [0, 0.1) is 6.92 Å². The lowest BCUT2D eigenvalue weighted by atomic mass is 10.1. The van der Waals surface area contributed by atoms with Crippen molar-refractivity contribution in [1.82, 2.24) is 20.4 Å². The van der Waals surface area contributed by atoms with Gasteiger partial charge in [-0.05, 0) is 13.3 Å². The Morgan fingerprint density at radius 1 is 1.50 bits per heavy atom. The maximum Gasteiger partial charge on any atom is 0.326 e. The number of urea groups is 1. The number of aromatic nitrogens is 2. The third kappa shape index (κ3) is 4.56. The summed E-state index contributed by atoms with van der Waals surface area (Å²) >= 11 is 0. The molecule has 0 saturated carbocycles. The fourth-order valence-corrected chi connectivity index (χ4v) is 1.77. The van der Waals surface area contributed by atoms with E-state index in [1.807, 2.05) is 20.9 Å². The first kappa shape index (κ1) is 16.0. The number of nitrogens with zero attached hydrogens (tertiary/aromatic N) is 2. The molecular weight excluding hydrogens is 260 g/mol. The lowest BCUT2D eigenvalue weighted by molar-refractivity contribution is -0.139. The fraction of sp³-hybridized carbons (Fsp3) is 0.615. The molecule has 3 N–H and O–H groups in total. The highest BCUT2D eigenvalue weighted by Crippen LogP contribution is 2.05. The predicted molar refractivity (Wildman–Crippen MR) is 74.3 cm³/mol. The number of carbonyl (C=O) groups excluding carboxylic acids is 1. The molecule has 0 spiro atoms. The zero-order valence-electron chi connectivity index (χ0n) is 12.1. The van der Waals surface area contributed by atoms with Crippen molar-refractivity contribution in [2.45, 2.75) is 45.7 Å². The summed E-state index contributed by atoms with van der Waals surface area (Å²) in [6.45, 7) is 4.21. The highest BCUT2D eigenvalue weighted by Gasteiger charge is 2.19. The Bertz CT molecular complexity index is 470. The number of hydrogen-bond acceptors (Lipinski definition) is 3. The van der Waals surface area contributed by atoms with Crippen molar-refractivity contribution in [1.29, 1.82) is 0 Å². The Morgan fingerprint density at radius 3 is 2.70 bits per heavy atom. The van der Waals surface area contributed by atoms with E-state index >= 15 is 0 Å². The van der Waals surface area contributed by atoms with E-state index in [9.17, 15) is 9.59 Å². The molecule has 2 amide bonds. The van der Waals surface area contributed by atoms with Crippen LogP contribution in [0.4, 0.5) is 4.79 Å². The van der Waals surface area contributed by atoms with E-state index in [1.165, 1.54) is 0 Å². The Balaban J connectivity index is 2.45. The van der Waals surface area contributed by atoms with Gasteiger partial charge in [0.05, 0.1) is 6.20 Å². The fourth-order valence-electron chi connectivity index (χ4n) is 1.77. The molecule has 0 unspecified atom stereocenters. The van der Waals surface area contributed by atoms with E-state index < -0.39 is 18.0 Å². The highest BCUT2D eigenvalue weighted by molar-refractivity contribution is 5.82. The average Bonchev–Trinajstić information content (AvgIpc) is 2.72. The molecule has 0 bridgehead atoms. The number of unbranched alkanes of at least 4 members (excludes halogenated alkanes) is 1. The third-order valence-electron chi connectivity index (χ3n) is 3.23. The van der Waals surface area contributed by atoms with Crippen LogP contribution >= 0.6 is 0 Å². The van der Waals surface area contributed by atoms with E-state index in [0.717, 1.165) is 24.1 Å². The maximum absolute atomic E-state index is 11.7. The summed E-state index contributed by atoms with van der Waals surface area (Å²) in [6, 6.07) is -1.32. The molecule has 0 aromatic carbocycles. The van der Waals surface area contributed by atoms with Crippen LogP contribution in [-0.2, 0) is 18.4 Å². The van der Waals surface area contributed by atoms with Gasteiger partial charge in [-0.15, -0.1) is 0 Å². The number of carbonyl (C=O) groups is 2. The molecule has 0 saturated heterocycles. The van der Waals surface area contributed by atoms with Crippen molar-refractivity contribution >= 4 is 12.0 Å². The first-order chi connectivity index (χ1) is 9.45. The van der Waals surface area contributed by atoms with Crippen LogP contribution < -0.4 is 10.6 Å². The van der Waals surface area contributed by atoms with E-state index in [0.29, 0.717) is 13.0 Å². The number of rotatable bonds is 7. The summed E-state index contributed by atoms with van der Waals surface area (Å²) < 4.78 is 1.72. The molecule has 1 aromatic rings. The smallest absolute Gasteiger partial charge is 0.326 e. The maximum atomic E-state index is 11.7. The summed E-state index contributed by atoms with van der Waals surface area (Å²) in [5.74, 6) is -1.01. The number of aryl methyl sites for hydroxylation is 1. The summed E-state index contributed by atoms with van der Waals surface area (Å²) in [5, 5.41) is 18.2. The number of aliphatic carboxylic acids is 1. The van der Waals surface area contributed by atoms with E-state index in [1.54, 1.807) is 10.9 Å². The summed E-state index contributed by atoms with van der Waals surface area (Å²) in [5.41, 5.74) is 1.87. The predicted octanol–water partition coefficient (Wildman–Crippen LogP) is 1.17. The van der Waals surface area contributed by atoms with E-state index in [4.69, 9.17) is 5.11 Å². The van der Waals surface area contributed by atoms with E-state index in [2.05, 4.69) is 15.7 Å². The van der Waals surface area contributed by atoms with Crippen molar-refractivity contribution in [3.05, 3.63) is 17.5 Å². The van der Waals surface area contributed by atoms with Crippen molar-refractivity contribution in [2.75, 3.05) is 0 Å².